The summed E-state index contributed by atoms with van der Waals surface area (Å²) in [4.78, 5) is 10.8. The number of hydrogen-bond donors (Lipinski definition) is 1. The molecule has 1 amide bonds. The fourth-order valence-electron chi connectivity index (χ4n) is 1.21. The Morgan fingerprint density at radius 3 is 2.31 bits per heavy atom. The highest BCUT2D eigenvalue weighted by atomic mass is 19.4. The van der Waals surface area contributed by atoms with E-state index in [-0.39, 0.29) is 5.56 Å². The lowest BCUT2D eigenvalue weighted by molar-refractivity contribution is -0.137. The monoisotopic (exact) mass is 235 g/mol. The molecular formula is C10H9F4NO. The number of amides is 1. The van der Waals surface area contributed by atoms with E-state index < -0.39 is 29.4 Å². The molecule has 16 heavy (non-hydrogen) atoms. The molecule has 0 aliphatic heterocycles. The van der Waals surface area contributed by atoms with Crippen molar-refractivity contribution in [2.45, 2.75) is 19.0 Å². The van der Waals surface area contributed by atoms with E-state index in [0.29, 0.717) is 6.07 Å². The number of primary amides is 1. The first-order valence-corrected chi connectivity index (χ1v) is 4.39. The summed E-state index contributed by atoms with van der Waals surface area (Å²) in [6, 6.07) is 2.00. The Balaban J connectivity index is 3.15. The van der Waals surface area contributed by atoms with Gasteiger partial charge >= 0.3 is 6.18 Å². The number of alkyl halides is 3. The summed E-state index contributed by atoms with van der Waals surface area (Å²) in [7, 11) is 0. The summed E-state index contributed by atoms with van der Waals surface area (Å²) in [5.74, 6) is -2.83. The molecule has 0 aliphatic carbocycles. The smallest absolute Gasteiger partial charge is 0.369 e. The van der Waals surface area contributed by atoms with Crippen LogP contribution in [-0.4, -0.2) is 5.91 Å². The number of carbonyl (C=O) groups is 1. The predicted molar refractivity (Wildman–Crippen MR) is 49.0 cm³/mol. The van der Waals surface area contributed by atoms with Crippen molar-refractivity contribution >= 4 is 5.91 Å². The molecule has 0 radical (unpaired) electrons. The van der Waals surface area contributed by atoms with Gasteiger partial charge in [-0.15, -0.1) is 0 Å². The summed E-state index contributed by atoms with van der Waals surface area (Å²) in [5, 5.41) is 0. The fourth-order valence-corrected chi connectivity index (χ4v) is 1.21. The van der Waals surface area contributed by atoms with Crippen LogP contribution in [0.1, 0.15) is 24.0 Å². The van der Waals surface area contributed by atoms with E-state index in [1.165, 1.54) is 6.92 Å². The van der Waals surface area contributed by atoms with Crippen LogP contribution in [0.25, 0.3) is 0 Å². The second-order valence-corrected chi connectivity index (χ2v) is 3.36. The third-order valence-electron chi connectivity index (χ3n) is 2.22. The lowest BCUT2D eigenvalue weighted by atomic mass is 9.98. The Kier molecular flexibility index (Phi) is 3.21. The Hall–Kier alpha value is -1.59. The predicted octanol–water partition coefficient (Wildman–Crippen LogP) is 2.43. The molecule has 1 aromatic carbocycles. The second kappa shape index (κ2) is 4.11. The van der Waals surface area contributed by atoms with E-state index in [1.54, 1.807) is 0 Å². The van der Waals surface area contributed by atoms with Crippen LogP contribution >= 0.6 is 0 Å². The Morgan fingerprint density at radius 2 is 1.94 bits per heavy atom. The van der Waals surface area contributed by atoms with Gasteiger partial charge in [-0.25, -0.2) is 4.39 Å². The normalized spacial score (nSPS) is 13.6. The molecule has 0 saturated carbocycles. The highest BCUT2D eigenvalue weighted by Gasteiger charge is 2.31. The van der Waals surface area contributed by atoms with E-state index in [2.05, 4.69) is 0 Å². The zero-order valence-corrected chi connectivity index (χ0v) is 8.31. The molecule has 2 nitrogen and oxygen atoms in total. The first-order chi connectivity index (χ1) is 7.23. The number of halogens is 4. The van der Waals surface area contributed by atoms with Crippen molar-refractivity contribution in [1.29, 1.82) is 0 Å². The molecule has 0 bridgehead atoms. The van der Waals surface area contributed by atoms with Crippen molar-refractivity contribution in [3.05, 3.63) is 35.1 Å². The van der Waals surface area contributed by atoms with Crippen LogP contribution in [0, 0.1) is 5.82 Å². The van der Waals surface area contributed by atoms with Gasteiger partial charge in [-0.3, -0.25) is 4.79 Å². The van der Waals surface area contributed by atoms with Gasteiger partial charge < -0.3 is 5.73 Å². The van der Waals surface area contributed by atoms with E-state index in [4.69, 9.17) is 5.73 Å². The maximum Gasteiger partial charge on any atom is 0.416 e. The van der Waals surface area contributed by atoms with Crippen LogP contribution in [0.3, 0.4) is 0 Å². The largest absolute Gasteiger partial charge is 0.416 e. The Bertz CT molecular complexity index is 414. The van der Waals surface area contributed by atoms with Gasteiger partial charge in [0.1, 0.15) is 5.82 Å². The van der Waals surface area contributed by atoms with Gasteiger partial charge in [0.2, 0.25) is 5.91 Å². The Morgan fingerprint density at radius 1 is 1.38 bits per heavy atom. The van der Waals surface area contributed by atoms with Crippen molar-refractivity contribution in [3.8, 4) is 0 Å². The van der Waals surface area contributed by atoms with Crippen molar-refractivity contribution in [1.82, 2.24) is 0 Å². The summed E-state index contributed by atoms with van der Waals surface area (Å²) < 4.78 is 49.9. The van der Waals surface area contributed by atoms with Crippen LogP contribution in [0.4, 0.5) is 17.6 Å². The molecular weight excluding hydrogens is 226 g/mol. The molecule has 0 spiro atoms. The van der Waals surface area contributed by atoms with Gasteiger partial charge in [0.15, 0.2) is 0 Å². The standard InChI is InChI=1S/C10H9F4NO/c1-5(9(15)16)7-3-2-6(4-8(7)11)10(12,13)14/h2-5H,1H3,(H2,15,16). The average Bonchev–Trinajstić information content (AvgIpc) is 2.15. The van der Waals surface area contributed by atoms with Gasteiger partial charge in [-0.05, 0) is 24.6 Å². The van der Waals surface area contributed by atoms with Crippen LogP contribution in [-0.2, 0) is 11.0 Å². The molecule has 0 heterocycles. The second-order valence-electron chi connectivity index (χ2n) is 3.36. The van der Waals surface area contributed by atoms with Gasteiger partial charge in [0, 0.05) is 0 Å². The minimum absolute atomic E-state index is 0.138. The van der Waals surface area contributed by atoms with Gasteiger partial charge in [-0.1, -0.05) is 6.07 Å². The molecule has 1 rings (SSSR count). The van der Waals surface area contributed by atoms with E-state index in [1.807, 2.05) is 0 Å². The van der Waals surface area contributed by atoms with Crippen molar-refractivity contribution in [3.63, 3.8) is 0 Å². The number of nitrogens with two attached hydrogens (primary N) is 1. The summed E-state index contributed by atoms with van der Waals surface area (Å²) in [6.45, 7) is 1.33. The maximum atomic E-state index is 13.3. The van der Waals surface area contributed by atoms with Gasteiger partial charge in [0.05, 0.1) is 11.5 Å². The molecule has 0 saturated heterocycles. The molecule has 0 aliphatic rings. The number of carbonyl (C=O) groups excluding carboxylic acids is 1. The molecule has 1 atom stereocenters. The highest BCUT2D eigenvalue weighted by molar-refractivity contribution is 5.81. The van der Waals surface area contributed by atoms with Crippen LogP contribution in [0.15, 0.2) is 18.2 Å². The third-order valence-corrected chi connectivity index (χ3v) is 2.22. The number of benzene rings is 1. The minimum atomic E-state index is -4.60. The average molecular weight is 235 g/mol. The Labute approximate surface area is 89.1 Å². The van der Waals surface area contributed by atoms with Crippen LogP contribution in [0.2, 0.25) is 0 Å². The summed E-state index contributed by atoms with van der Waals surface area (Å²) in [6.07, 6.45) is -4.60. The molecule has 0 aromatic heterocycles. The zero-order chi connectivity index (χ0) is 12.5. The van der Waals surface area contributed by atoms with Crippen molar-refractivity contribution in [2.75, 3.05) is 0 Å². The first-order valence-electron chi connectivity index (χ1n) is 4.39. The fraction of sp³-hybridized carbons (Fsp3) is 0.300. The molecule has 1 unspecified atom stereocenters. The maximum absolute atomic E-state index is 13.3. The van der Waals surface area contributed by atoms with Crippen LogP contribution < -0.4 is 5.73 Å². The molecule has 6 heteroatoms. The number of rotatable bonds is 2. The third kappa shape index (κ3) is 2.50. The van der Waals surface area contributed by atoms with Gasteiger partial charge in [-0.2, -0.15) is 13.2 Å². The van der Waals surface area contributed by atoms with Crippen molar-refractivity contribution < 1.29 is 22.4 Å². The summed E-state index contributed by atoms with van der Waals surface area (Å²) >= 11 is 0. The van der Waals surface area contributed by atoms with Crippen LogP contribution in [0.5, 0.6) is 0 Å². The topological polar surface area (TPSA) is 43.1 Å². The lowest BCUT2D eigenvalue weighted by Gasteiger charge is -2.11. The minimum Gasteiger partial charge on any atom is -0.369 e. The van der Waals surface area contributed by atoms with Gasteiger partial charge in [0.25, 0.3) is 0 Å². The molecule has 88 valence electrons. The van der Waals surface area contributed by atoms with Crippen molar-refractivity contribution in [2.24, 2.45) is 5.73 Å². The SMILES string of the molecule is CC(C(N)=O)c1ccc(C(F)(F)F)cc1F. The molecule has 2 N–H and O–H groups in total. The highest BCUT2D eigenvalue weighted by Crippen LogP contribution is 2.31. The summed E-state index contributed by atoms with van der Waals surface area (Å²) in [5.41, 5.74) is 3.70. The lowest BCUT2D eigenvalue weighted by Crippen LogP contribution is -2.20. The van der Waals surface area contributed by atoms with E-state index >= 15 is 0 Å². The van der Waals surface area contributed by atoms with E-state index in [0.717, 1.165) is 12.1 Å². The number of hydrogen-bond acceptors (Lipinski definition) is 1. The molecule has 0 fully saturated rings. The first kappa shape index (κ1) is 12.5. The molecule has 1 aromatic rings. The van der Waals surface area contributed by atoms with E-state index in [9.17, 15) is 22.4 Å². The quantitative estimate of drug-likeness (QED) is 0.786. The zero-order valence-electron chi connectivity index (χ0n) is 8.31.